The Morgan fingerprint density at radius 1 is 1.17 bits per heavy atom. The zero-order valence-electron chi connectivity index (χ0n) is 14.1. The lowest BCUT2D eigenvalue weighted by Crippen LogP contribution is -2.27. The van der Waals surface area contributed by atoms with Crippen molar-refractivity contribution in [2.24, 2.45) is 0 Å². The topological polar surface area (TPSA) is 47.6 Å². The fourth-order valence-electron chi connectivity index (χ4n) is 2.49. The molecule has 0 spiro atoms. The predicted molar refractivity (Wildman–Crippen MR) is 90.5 cm³/mol. The van der Waals surface area contributed by atoms with Gasteiger partial charge in [-0.1, -0.05) is 35.9 Å². The molecule has 4 heteroatoms. The standard InChI is InChI=1S/C19H23NO3/c1-13-8-9-17(14(2)10-13)23-12-15-6-5-7-16(11-15)18(22-4)19(21)20-3/h5-11,18H,12H2,1-4H3,(H,20,21). The summed E-state index contributed by atoms with van der Waals surface area (Å²) >= 11 is 0. The molecule has 23 heavy (non-hydrogen) atoms. The van der Waals surface area contributed by atoms with Gasteiger partial charge in [-0.25, -0.2) is 0 Å². The monoisotopic (exact) mass is 313 g/mol. The molecule has 122 valence electrons. The van der Waals surface area contributed by atoms with Crippen LogP contribution in [0.25, 0.3) is 0 Å². The van der Waals surface area contributed by atoms with E-state index in [0.29, 0.717) is 6.61 Å². The molecular weight excluding hydrogens is 290 g/mol. The first-order valence-electron chi connectivity index (χ1n) is 7.58. The Kier molecular flexibility index (Phi) is 5.77. The number of carbonyl (C=O) groups excluding carboxylic acids is 1. The van der Waals surface area contributed by atoms with E-state index < -0.39 is 6.10 Å². The molecule has 1 unspecified atom stereocenters. The minimum atomic E-state index is -0.610. The lowest BCUT2D eigenvalue weighted by Gasteiger charge is -2.15. The van der Waals surface area contributed by atoms with Crippen molar-refractivity contribution >= 4 is 5.91 Å². The van der Waals surface area contributed by atoms with Crippen LogP contribution in [0.4, 0.5) is 0 Å². The van der Waals surface area contributed by atoms with Gasteiger partial charge in [0, 0.05) is 14.2 Å². The largest absolute Gasteiger partial charge is 0.489 e. The second-order valence-corrected chi connectivity index (χ2v) is 5.53. The van der Waals surface area contributed by atoms with E-state index in [0.717, 1.165) is 22.4 Å². The molecule has 2 aromatic rings. The lowest BCUT2D eigenvalue weighted by molar-refractivity contribution is -0.130. The van der Waals surface area contributed by atoms with Crippen molar-refractivity contribution in [1.29, 1.82) is 0 Å². The summed E-state index contributed by atoms with van der Waals surface area (Å²) in [5, 5.41) is 2.61. The van der Waals surface area contributed by atoms with Crippen LogP contribution in [0, 0.1) is 13.8 Å². The maximum atomic E-state index is 11.8. The molecule has 0 radical (unpaired) electrons. The van der Waals surface area contributed by atoms with Crippen LogP contribution in [-0.2, 0) is 16.1 Å². The van der Waals surface area contributed by atoms with E-state index in [1.54, 1.807) is 7.05 Å². The molecule has 0 aliphatic rings. The smallest absolute Gasteiger partial charge is 0.253 e. The first-order valence-corrected chi connectivity index (χ1v) is 7.58. The van der Waals surface area contributed by atoms with Crippen LogP contribution in [0.2, 0.25) is 0 Å². The SMILES string of the molecule is CNC(=O)C(OC)c1cccc(COc2ccc(C)cc2C)c1. The highest BCUT2D eigenvalue weighted by atomic mass is 16.5. The maximum Gasteiger partial charge on any atom is 0.253 e. The first-order chi connectivity index (χ1) is 11.0. The number of benzene rings is 2. The second-order valence-electron chi connectivity index (χ2n) is 5.53. The summed E-state index contributed by atoms with van der Waals surface area (Å²) in [5.74, 6) is 0.704. The Bertz CT molecular complexity index is 682. The number of methoxy groups -OCH3 is 1. The van der Waals surface area contributed by atoms with Crippen molar-refractivity contribution in [2.45, 2.75) is 26.6 Å². The Morgan fingerprint density at radius 3 is 2.61 bits per heavy atom. The van der Waals surface area contributed by atoms with Gasteiger partial charge in [0.25, 0.3) is 5.91 Å². The number of hydrogen-bond acceptors (Lipinski definition) is 3. The van der Waals surface area contributed by atoms with E-state index in [9.17, 15) is 4.79 Å². The van der Waals surface area contributed by atoms with E-state index >= 15 is 0 Å². The van der Waals surface area contributed by atoms with E-state index in [2.05, 4.69) is 18.3 Å². The minimum Gasteiger partial charge on any atom is -0.489 e. The molecule has 0 aliphatic carbocycles. The molecule has 0 aliphatic heterocycles. The van der Waals surface area contributed by atoms with E-state index in [1.165, 1.54) is 12.7 Å². The molecule has 0 heterocycles. The van der Waals surface area contributed by atoms with Gasteiger partial charge in [0.1, 0.15) is 12.4 Å². The third-order valence-corrected chi connectivity index (χ3v) is 3.70. The highest BCUT2D eigenvalue weighted by molar-refractivity contribution is 5.81. The Labute approximate surface area is 137 Å². The average molecular weight is 313 g/mol. The summed E-state index contributed by atoms with van der Waals surface area (Å²) in [6, 6.07) is 13.8. The van der Waals surface area contributed by atoms with E-state index in [-0.39, 0.29) is 5.91 Å². The molecule has 0 saturated heterocycles. The number of ether oxygens (including phenoxy) is 2. The van der Waals surface area contributed by atoms with E-state index in [4.69, 9.17) is 9.47 Å². The first kappa shape index (κ1) is 17.0. The summed E-state index contributed by atoms with van der Waals surface area (Å²) in [6.45, 7) is 4.54. The number of amides is 1. The number of hydrogen-bond donors (Lipinski definition) is 1. The quantitative estimate of drug-likeness (QED) is 0.890. The molecule has 0 fully saturated rings. The van der Waals surface area contributed by atoms with Gasteiger partial charge >= 0.3 is 0 Å². The highest BCUT2D eigenvalue weighted by Gasteiger charge is 2.18. The molecular formula is C19H23NO3. The minimum absolute atomic E-state index is 0.167. The van der Waals surface area contributed by atoms with Crippen LogP contribution in [0.3, 0.4) is 0 Å². The summed E-state index contributed by atoms with van der Waals surface area (Å²) in [4.78, 5) is 11.8. The van der Waals surface area contributed by atoms with Gasteiger partial charge in [-0.05, 0) is 42.7 Å². The van der Waals surface area contributed by atoms with Crippen molar-refractivity contribution < 1.29 is 14.3 Å². The molecule has 1 N–H and O–H groups in total. The maximum absolute atomic E-state index is 11.8. The van der Waals surface area contributed by atoms with Crippen molar-refractivity contribution in [2.75, 3.05) is 14.2 Å². The summed E-state index contributed by atoms with van der Waals surface area (Å²) < 4.78 is 11.2. The van der Waals surface area contributed by atoms with Crippen molar-refractivity contribution in [3.63, 3.8) is 0 Å². The average Bonchev–Trinajstić information content (AvgIpc) is 2.55. The van der Waals surface area contributed by atoms with Crippen molar-refractivity contribution in [3.05, 3.63) is 64.7 Å². The number of aryl methyl sites for hydroxylation is 2. The summed E-state index contributed by atoms with van der Waals surface area (Å²) in [5.41, 5.74) is 4.13. The van der Waals surface area contributed by atoms with Crippen LogP contribution in [0.5, 0.6) is 5.75 Å². The number of rotatable bonds is 6. The fraction of sp³-hybridized carbons (Fsp3) is 0.316. The number of nitrogens with one attached hydrogen (secondary N) is 1. The van der Waals surface area contributed by atoms with Crippen molar-refractivity contribution in [1.82, 2.24) is 5.32 Å². The fourth-order valence-corrected chi connectivity index (χ4v) is 2.49. The van der Waals surface area contributed by atoms with Crippen molar-refractivity contribution in [3.8, 4) is 5.75 Å². The highest BCUT2D eigenvalue weighted by Crippen LogP contribution is 2.22. The van der Waals surface area contributed by atoms with E-state index in [1.807, 2.05) is 43.3 Å². The normalized spacial score (nSPS) is 11.8. The zero-order chi connectivity index (χ0) is 16.8. The van der Waals surface area contributed by atoms with Gasteiger partial charge in [-0.2, -0.15) is 0 Å². The van der Waals surface area contributed by atoms with Gasteiger partial charge < -0.3 is 14.8 Å². The second kappa shape index (κ2) is 7.79. The molecule has 1 amide bonds. The van der Waals surface area contributed by atoms with Crippen LogP contribution >= 0.6 is 0 Å². The molecule has 0 aromatic heterocycles. The molecule has 1 atom stereocenters. The van der Waals surface area contributed by atoms with Gasteiger partial charge in [-0.3, -0.25) is 4.79 Å². The Balaban J connectivity index is 2.12. The Hall–Kier alpha value is -2.33. The van der Waals surface area contributed by atoms with Gasteiger partial charge in [0.2, 0.25) is 0 Å². The number of likely N-dealkylation sites (N-methyl/N-ethyl adjacent to an activating group) is 1. The molecule has 2 rings (SSSR count). The van der Waals surface area contributed by atoms with Crippen LogP contribution in [0.15, 0.2) is 42.5 Å². The third kappa shape index (κ3) is 4.33. The Morgan fingerprint density at radius 2 is 1.96 bits per heavy atom. The van der Waals surface area contributed by atoms with Gasteiger partial charge in [-0.15, -0.1) is 0 Å². The van der Waals surface area contributed by atoms with Crippen LogP contribution in [0.1, 0.15) is 28.4 Å². The molecule has 2 aromatic carbocycles. The predicted octanol–water partition coefficient (Wildman–Crippen LogP) is 3.32. The van der Waals surface area contributed by atoms with Gasteiger partial charge in [0.05, 0.1) is 0 Å². The zero-order valence-corrected chi connectivity index (χ0v) is 14.1. The third-order valence-electron chi connectivity index (χ3n) is 3.70. The summed E-state index contributed by atoms with van der Waals surface area (Å²) in [6.07, 6.45) is -0.610. The van der Waals surface area contributed by atoms with Crippen LogP contribution < -0.4 is 10.1 Å². The molecule has 4 nitrogen and oxygen atoms in total. The summed E-state index contributed by atoms with van der Waals surface area (Å²) in [7, 11) is 3.13. The lowest BCUT2D eigenvalue weighted by atomic mass is 10.1. The molecule has 0 saturated carbocycles. The molecule has 0 bridgehead atoms. The van der Waals surface area contributed by atoms with Gasteiger partial charge in [0.15, 0.2) is 6.10 Å². The van der Waals surface area contributed by atoms with Crippen LogP contribution in [-0.4, -0.2) is 20.1 Å². The number of carbonyl (C=O) groups is 1.